The highest BCUT2D eigenvalue weighted by Crippen LogP contribution is 2.05. The highest BCUT2D eigenvalue weighted by molar-refractivity contribution is 6.19. The minimum absolute atomic E-state index is 0.305. The van der Waals surface area contributed by atoms with Crippen LogP contribution < -0.4 is 0 Å². The van der Waals surface area contributed by atoms with E-state index in [1.807, 2.05) is 19.1 Å². The molecule has 0 aliphatic heterocycles. The number of nitriles is 1. The fraction of sp³-hybridized carbons (Fsp3) is 0.200. The zero-order chi connectivity index (χ0) is 9.68. The predicted octanol–water partition coefficient (Wildman–Crippen LogP) is 1.85. The first kappa shape index (κ1) is 9.58. The molecule has 0 aliphatic carbocycles. The molecule has 0 amide bonds. The normalized spacial score (nSPS) is 8.38. The van der Waals surface area contributed by atoms with Crippen LogP contribution in [0.2, 0.25) is 0 Å². The van der Waals surface area contributed by atoms with E-state index in [9.17, 15) is 0 Å². The molecule has 0 fully saturated rings. The van der Waals surface area contributed by atoms with E-state index in [0.29, 0.717) is 11.6 Å². The van der Waals surface area contributed by atoms with Crippen LogP contribution in [0.4, 0.5) is 0 Å². The van der Waals surface area contributed by atoms with Gasteiger partial charge in [0.1, 0.15) is 11.8 Å². The maximum Gasteiger partial charge on any atom is 0.143 e. The molecule has 0 bridgehead atoms. The molecule has 0 atom stereocenters. The second kappa shape index (κ2) is 4.50. The third-order valence-electron chi connectivity index (χ3n) is 1.48. The maximum absolute atomic E-state index is 8.62. The smallest absolute Gasteiger partial charge is 0.143 e. The van der Waals surface area contributed by atoms with Gasteiger partial charge in [-0.2, -0.15) is 5.26 Å². The summed E-state index contributed by atoms with van der Waals surface area (Å²) in [6.45, 7) is 1.83. The fourth-order valence-electron chi connectivity index (χ4n) is 0.896. The van der Waals surface area contributed by atoms with Gasteiger partial charge in [-0.25, -0.2) is 4.98 Å². The first-order valence-corrected chi connectivity index (χ1v) is 4.23. The molecule has 1 aromatic rings. The fourth-order valence-corrected chi connectivity index (χ4v) is 0.962. The Bertz CT molecular complexity index is 407. The monoisotopic (exact) mass is 190 g/mol. The molecule has 64 valence electrons. The summed E-state index contributed by atoms with van der Waals surface area (Å²) in [5.74, 6) is 5.86. The number of hydrogen-bond donors (Lipinski definition) is 0. The van der Waals surface area contributed by atoms with Crippen LogP contribution in [0.1, 0.15) is 16.8 Å². The molecular weight excluding hydrogens is 184 g/mol. The zero-order valence-electron chi connectivity index (χ0n) is 7.13. The Morgan fingerprint density at radius 2 is 2.38 bits per heavy atom. The van der Waals surface area contributed by atoms with Gasteiger partial charge in [-0.05, 0) is 18.6 Å². The average Bonchev–Trinajstić information content (AvgIpc) is 2.15. The summed E-state index contributed by atoms with van der Waals surface area (Å²) in [6.07, 6.45) is 1.57. The number of rotatable bonds is 0. The van der Waals surface area contributed by atoms with Crippen LogP contribution in [-0.2, 0) is 0 Å². The predicted molar refractivity (Wildman–Crippen MR) is 51.3 cm³/mol. The van der Waals surface area contributed by atoms with E-state index in [2.05, 4.69) is 16.8 Å². The number of hydrogen-bond acceptors (Lipinski definition) is 2. The topological polar surface area (TPSA) is 36.7 Å². The maximum atomic E-state index is 8.62. The summed E-state index contributed by atoms with van der Waals surface area (Å²) in [4.78, 5) is 3.94. The van der Waals surface area contributed by atoms with Crippen molar-refractivity contribution in [1.82, 2.24) is 4.98 Å². The molecule has 0 N–H and O–H groups in total. The van der Waals surface area contributed by atoms with Crippen molar-refractivity contribution in [3.05, 3.63) is 29.1 Å². The molecule has 0 saturated carbocycles. The van der Waals surface area contributed by atoms with E-state index in [0.717, 1.165) is 11.1 Å². The lowest BCUT2D eigenvalue weighted by Crippen LogP contribution is -1.89. The van der Waals surface area contributed by atoms with Gasteiger partial charge in [0.25, 0.3) is 0 Å². The summed E-state index contributed by atoms with van der Waals surface area (Å²) >= 11 is 5.40. The molecule has 3 heteroatoms. The molecule has 0 saturated heterocycles. The van der Waals surface area contributed by atoms with Crippen LogP contribution in [0.5, 0.6) is 0 Å². The lowest BCUT2D eigenvalue weighted by Gasteiger charge is -1.95. The number of halogens is 1. The molecule has 0 unspecified atom stereocenters. The Balaban J connectivity index is 3.04. The van der Waals surface area contributed by atoms with E-state index in [-0.39, 0.29) is 0 Å². The van der Waals surface area contributed by atoms with Crippen LogP contribution in [-0.4, -0.2) is 10.9 Å². The summed E-state index contributed by atoms with van der Waals surface area (Å²) in [5, 5.41) is 8.62. The Labute approximate surface area is 82.2 Å². The Kier molecular flexibility index (Phi) is 3.31. The second-order valence-corrected chi connectivity index (χ2v) is 2.70. The van der Waals surface area contributed by atoms with Gasteiger partial charge in [0.05, 0.1) is 5.88 Å². The number of alkyl halides is 1. The van der Waals surface area contributed by atoms with E-state index < -0.39 is 0 Å². The molecular formula is C10H7ClN2. The van der Waals surface area contributed by atoms with Crippen molar-refractivity contribution in [2.24, 2.45) is 0 Å². The minimum Gasteiger partial charge on any atom is -0.244 e. The number of pyridine rings is 1. The van der Waals surface area contributed by atoms with Gasteiger partial charge in [-0.15, -0.1) is 11.6 Å². The van der Waals surface area contributed by atoms with Crippen molar-refractivity contribution in [1.29, 1.82) is 5.26 Å². The quantitative estimate of drug-likeness (QED) is 0.463. The van der Waals surface area contributed by atoms with Gasteiger partial charge >= 0.3 is 0 Å². The van der Waals surface area contributed by atoms with E-state index in [1.54, 1.807) is 6.20 Å². The van der Waals surface area contributed by atoms with Crippen molar-refractivity contribution in [3.63, 3.8) is 0 Å². The average molecular weight is 191 g/mol. The standard InChI is InChI=1S/C10H7ClN2/c1-8-5-9(3-2-4-11)7-13-10(8)6-12/h5,7H,4H2,1H3. The molecule has 2 nitrogen and oxygen atoms in total. The van der Waals surface area contributed by atoms with Crippen molar-refractivity contribution >= 4 is 11.6 Å². The second-order valence-electron chi connectivity index (χ2n) is 2.44. The molecule has 1 heterocycles. The van der Waals surface area contributed by atoms with Gasteiger partial charge in [0, 0.05) is 11.8 Å². The number of aromatic nitrogens is 1. The van der Waals surface area contributed by atoms with Crippen molar-refractivity contribution < 1.29 is 0 Å². The summed E-state index contributed by atoms with van der Waals surface area (Å²) in [7, 11) is 0. The Morgan fingerprint density at radius 3 is 2.92 bits per heavy atom. The first-order valence-electron chi connectivity index (χ1n) is 3.69. The summed E-state index contributed by atoms with van der Waals surface area (Å²) in [5.41, 5.74) is 2.07. The largest absolute Gasteiger partial charge is 0.244 e. The van der Waals surface area contributed by atoms with Crippen LogP contribution in [0.25, 0.3) is 0 Å². The first-order chi connectivity index (χ1) is 6.27. The highest BCUT2D eigenvalue weighted by Gasteiger charge is 1.97. The highest BCUT2D eigenvalue weighted by atomic mass is 35.5. The summed E-state index contributed by atoms with van der Waals surface area (Å²) in [6, 6.07) is 3.82. The van der Waals surface area contributed by atoms with E-state index in [4.69, 9.17) is 16.9 Å². The third kappa shape index (κ3) is 2.47. The van der Waals surface area contributed by atoms with Crippen molar-refractivity contribution in [3.8, 4) is 17.9 Å². The van der Waals surface area contributed by atoms with Crippen LogP contribution in [0, 0.1) is 30.1 Å². The van der Waals surface area contributed by atoms with E-state index in [1.165, 1.54) is 0 Å². The number of nitrogens with zero attached hydrogens (tertiary/aromatic N) is 2. The Morgan fingerprint density at radius 1 is 1.62 bits per heavy atom. The van der Waals surface area contributed by atoms with Gasteiger partial charge in [-0.1, -0.05) is 11.8 Å². The van der Waals surface area contributed by atoms with Gasteiger partial charge in [0.2, 0.25) is 0 Å². The zero-order valence-corrected chi connectivity index (χ0v) is 7.89. The lowest BCUT2D eigenvalue weighted by molar-refractivity contribution is 1.20. The minimum atomic E-state index is 0.305. The third-order valence-corrected chi connectivity index (χ3v) is 1.62. The SMILES string of the molecule is Cc1cc(C#CCCl)cnc1C#N. The molecule has 13 heavy (non-hydrogen) atoms. The summed E-state index contributed by atoms with van der Waals surface area (Å²) < 4.78 is 0. The van der Waals surface area contributed by atoms with Crippen molar-refractivity contribution in [2.75, 3.05) is 5.88 Å². The molecule has 0 aliphatic rings. The molecule has 0 radical (unpaired) electrons. The van der Waals surface area contributed by atoms with Gasteiger partial charge < -0.3 is 0 Å². The van der Waals surface area contributed by atoms with Gasteiger partial charge in [0.15, 0.2) is 0 Å². The van der Waals surface area contributed by atoms with Gasteiger partial charge in [-0.3, -0.25) is 0 Å². The van der Waals surface area contributed by atoms with Crippen LogP contribution >= 0.6 is 11.6 Å². The molecule has 0 spiro atoms. The van der Waals surface area contributed by atoms with E-state index >= 15 is 0 Å². The lowest BCUT2D eigenvalue weighted by atomic mass is 10.2. The molecule has 1 rings (SSSR count). The molecule has 0 aromatic carbocycles. The number of aryl methyl sites for hydroxylation is 1. The van der Waals surface area contributed by atoms with Crippen LogP contribution in [0.15, 0.2) is 12.3 Å². The van der Waals surface area contributed by atoms with Crippen molar-refractivity contribution in [2.45, 2.75) is 6.92 Å². The Hall–Kier alpha value is -1.51. The molecule has 1 aromatic heterocycles. The van der Waals surface area contributed by atoms with Crippen LogP contribution in [0.3, 0.4) is 0 Å².